The second-order valence-corrected chi connectivity index (χ2v) is 3.90. The van der Waals surface area contributed by atoms with Crippen LogP contribution < -0.4 is 10.1 Å². The van der Waals surface area contributed by atoms with Crippen molar-refractivity contribution in [2.24, 2.45) is 0 Å². The molecule has 2 nitrogen and oxygen atoms in total. The van der Waals surface area contributed by atoms with Crippen LogP contribution in [0.25, 0.3) is 0 Å². The summed E-state index contributed by atoms with van der Waals surface area (Å²) in [6.45, 7) is 4.78. The van der Waals surface area contributed by atoms with Gasteiger partial charge in [0.25, 0.3) is 0 Å². The average molecular weight is 227 g/mol. The van der Waals surface area contributed by atoms with Crippen LogP contribution in [0.5, 0.6) is 5.75 Å². The highest BCUT2D eigenvalue weighted by Crippen LogP contribution is 2.22. The Morgan fingerprint density at radius 2 is 1.71 bits per heavy atom. The molecule has 0 atom stereocenters. The zero-order valence-electron chi connectivity index (χ0n) is 10.2. The molecule has 0 saturated heterocycles. The fourth-order valence-electron chi connectivity index (χ4n) is 1.67. The van der Waals surface area contributed by atoms with Crippen LogP contribution in [0.2, 0.25) is 0 Å². The number of ether oxygens (including phenoxy) is 1. The zero-order valence-corrected chi connectivity index (χ0v) is 10.2. The first-order valence-electron chi connectivity index (χ1n) is 5.85. The average Bonchev–Trinajstić information content (AvgIpc) is 2.35. The van der Waals surface area contributed by atoms with Gasteiger partial charge < -0.3 is 10.1 Å². The summed E-state index contributed by atoms with van der Waals surface area (Å²) in [6.07, 6.45) is 0. The van der Waals surface area contributed by atoms with E-state index in [2.05, 4.69) is 24.4 Å². The molecule has 17 heavy (non-hydrogen) atoms. The molecule has 2 rings (SSSR count). The van der Waals surface area contributed by atoms with E-state index < -0.39 is 0 Å². The van der Waals surface area contributed by atoms with Gasteiger partial charge in [0.15, 0.2) is 0 Å². The van der Waals surface area contributed by atoms with E-state index in [0.29, 0.717) is 6.61 Å². The van der Waals surface area contributed by atoms with Crippen molar-refractivity contribution in [3.05, 3.63) is 54.1 Å². The summed E-state index contributed by atoms with van der Waals surface area (Å²) in [5, 5.41) is 3.39. The third kappa shape index (κ3) is 3.00. The zero-order chi connectivity index (χ0) is 12.1. The number of hydrogen-bond donors (Lipinski definition) is 1. The number of anilines is 2. The summed E-state index contributed by atoms with van der Waals surface area (Å²) >= 11 is 0. The molecule has 0 aliphatic carbocycles. The molecule has 0 unspecified atom stereocenters. The van der Waals surface area contributed by atoms with E-state index in [9.17, 15) is 0 Å². The molecule has 0 aromatic heterocycles. The van der Waals surface area contributed by atoms with Crippen LogP contribution in [0.1, 0.15) is 12.5 Å². The van der Waals surface area contributed by atoms with E-state index in [1.54, 1.807) is 0 Å². The van der Waals surface area contributed by atoms with Gasteiger partial charge >= 0.3 is 0 Å². The highest BCUT2D eigenvalue weighted by molar-refractivity contribution is 5.63. The molecule has 1 N–H and O–H groups in total. The fraction of sp³-hybridized carbons (Fsp3) is 0.200. The normalized spacial score (nSPS) is 10.0. The number of aryl methyl sites for hydroxylation is 1. The Hall–Kier alpha value is -1.96. The van der Waals surface area contributed by atoms with E-state index in [4.69, 9.17) is 4.74 Å². The first-order chi connectivity index (χ1) is 8.29. The van der Waals surface area contributed by atoms with Gasteiger partial charge in [-0.05, 0) is 49.7 Å². The second kappa shape index (κ2) is 5.39. The van der Waals surface area contributed by atoms with Crippen LogP contribution in [0.15, 0.2) is 48.5 Å². The molecular weight excluding hydrogens is 210 g/mol. The first-order valence-corrected chi connectivity index (χ1v) is 5.85. The number of nitrogens with one attached hydrogen (secondary N) is 1. The lowest BCUT2D eigenvalue weighted by molar-refractivity contribution is 0.340. The Bertz CT molecular complexity index is 477. The Balaban J connectivity index is 2.11. The highest BCUT2D eigenvalue weighted by atomic mass is 16.5. The van der Waals surface area contributed by atoms with Crippen molar-refractivity contribution in [1.82, 2.24) is 0 Å². The lowest BCUT2D eigenvalue weighted by atomic mass is 10.2. The van der Waals surface area contributed by atoms with Crippen molar-refractivity contribution in [2.45, 2.75) is 13.8 Å². The standard InChI is InChI=1S/C15H17NO/c1-3-17-14-10-8-13(9-11-14)16-15-7-5-4-6-12(15)2/h4-11,16H,3H2,1-2H3. The van der Waals surface area contributed by atoms with Crippen molar-refractivity contribution in [1.29, 1.82) is 0 Å². The fourth-order valence-corrected chi connectivity index (χ4v) is 1.67. The second-order valence-electron chi connectivity index (χ2n) is 3.90. The minimum atomic E-state index is 0.699. The minimum absolute atomic E-state index is 0.699. The molecule has 88 valence electrons. The summed E-state index contributed by atoms with van der Waals surface area (Å²) in [4.78, 5) is 0. The summed E-state index contributed by atoms with van der Waals surface area (Å²) < 4.78 is 5.41. The Morgan fingerprint density at radius 3 is 2.35 bits per heavy atom. The van der Waals surface area contributed by atoms with Gasteiger partial charge in [0, 0.05) is 11.4 Å². The van der Waals surface area contributed by atoms with Gasteiger partial charge in [-0.2, -0.15) is 0 Å². The van der Waals surface area contributed by atoms with E-state index >= 15 is 0 Å². The highest BCUT2D eigenvalue weighted by Gasteiger charge is 1.98. The van der Waals surface area contributed by atoms with Crippen molar-refractivity contribution in [3.63, 3.8) is 0 Å². The predicted molar refractivity (Wildman–Crippen MR) is 72.1 cm³/mol. The predicted octanol–water partition coefficient (Wildman–Crippen LogP) is 4.14. The van der Waals surface area contributed by atoms with E-state index in [1.807, 2.05) is 43.3 Å². The van der Waals surface area contributed by atoms with E-state index in [0.717, 1.165) is 17.1 Å². The van der Waals surface area contributed by atoms with E-state index in [1.165, 1.54) is 5.56 Å². The van der Waals surface area contributed by atoms with Crippen LogP contribution in [-0.4, -0.2) is 6.61 Å². The maximum atomic E-state index is 5.41. The molecule has 2 aromatic rings. The largest absolute Gasteiger partial charge is 0.494 e. The molecule has 0 fully saturated rings. The first kappa shape index (κ1) is 11.5. The van der Waals surface area contributed by atoms with Gasteiger partial charge in [-0.15, -0.1) is 0 Å². The van der Waals surface area contributed by atoms with Crippen LogP contribution in [0.4, 0.5) is 11.4 Å². The quantitative estimate of drug-likeness (QED) is 0.847. The van der Waals surface area contributed by atoms with E-state index in [-0.39, 0.29) is 0 Å². The van der Waals surface area contributed by atoms with Gasteiger partial charge in [-0.1, -0.05) is 18.2 Å². The van der Waals surface area contributed by atoms with Gasteiger partial charge in [-0.3, -0.25) is 0 Å². The summed E-state index contributed by atoms with van der Waals surface area (Å²) in [6, 6.07) is 16.2. The molecule has 0 radical (unpaired) electrons. The molecule has 0 aliphatic heterocycles. The van der Waals surface area contributed by atoms with Gasteiger partial charge in [0.05, 0.1) is 6.61 Å². The van der Waals surface area contributed by atoms with Crippen molar-refractivity contribution in [2.75, 3.05) is 11.9 Å². The number of hydrogen-bond acceptors (Lipinski definition) is 2. The maximum Gasteiger partial charge on any atom is 0.119 e. The van der Waals surface area contributed by atoms with Crippen LogP contribution in [-0.2, 0) is 0 Å². The van der Waals surface area contributed by atoms with Gasteiger partial charge in [0.2, 0.25) is 0 Å². The van der Waals surface area contributed by atoms with Crippen molar-refractivity contribution in [3.8, 4) is 5.75 Å². The summed E-state index contributed by atoms with van der Waals surface area (Å²) in [5.74, 6) is 0.905. The molecular formula is C15H17NO. The van der Waals surface area contributed by atoms with Crippen LogP contribution >= 0.6 is 0 Å². The van der Waals surface area contributed by atoms with Crippen molar-refractivity contribution < 1.29 is 4.74 Å². The molecule has 2 aromatic carbocycles. The number of benzene rings is 2. The van der Waals surface area contributed by atoms with Gasteiger partial charge in [-0.25, -0.2) is 0 Å². The summed E-state index contributed by atoms with van der Waals surface area (Å²) in [7, 11) is 0. The molecule has 2 heteroatoms. The number of para-hydroxylation sites is 1. The van der Waals surface area contributed by atoms with Crippen LogP contribution in [0.3, 0.4) is 0 Å². The SMILES string of the molecule is CCOc1ccc(Nc2ccccc2C)cc1. The van der Waals surface area contributed by atoms with Crippen LogP contribution in [0, 0.1) is 6.92 Å². The monoisotopic (exact) mass is 227 g/mol. The topological polar surface area (TPSA) is 21.3 Å². The smallest absolute Gasteiger partial charge is 0.119 e. The Kier molecular flexibility index (Phi) is 3.66. The van der Waals surface area contributed by atoms with Gasteiger partial charge in [0.1, 0.15) is 5.75 Å². The molecule has 0 saturated carbocycles. The Morgan fingerprint density at radius 1 is 1.00 bits per heavy atom. The number of rotatable bonds is 4. The molecule has 0 spiro atoms. The summed E-state index contributed by atoms with van der Waals surface area (Å²) in [5.41, 5.74) is 3.45. The third-order valence-corrected chi connectivity index (χ3v) is 2.59. The third-order valence-electron chi connectivity index (χ3n) is 2.59. The maximum absolute atomic E-state index is 5.41. The molecule has 0 heterocycles. The molecule has 0 bridgehead atoms. The lowest BCUT2D eigenvalue weighted by Crippen LogP contribution is -1.94. The Labute approximate surface area is 102 Å². The molecule has 0 aliphatic rings. The van der Waals surface area contributed by atoms with Crippen molar-refractivity contribution >= 4 is 11.4 Å². The minimum Gasteiger partial charge on any atom is -0.494 e. The molecule has 0 amide bonds. The lowest BCUT2D eigenvalue weighted by Gasteiger charge is -2.10.